The summed E-state index contributed by atoms with van der Waals surface area (Å²) in [5.74, 6) is -0.489. The molecule has 0 radical (unpaired) electrons. The van der Waals surface area contributed by atoms with E-state index in [0.29, 0.717) is 12.3 Å². The van der Waals surface area contributed by atoms with E-state index in [2.05, 4.69) is 28.1 Å². The quantitative estimate of drug-likeness (QED) is 0.428. The van der Waals surface area contributed by atoms with Crippen molar-refractivity contribution in [3.63, 3.8) is 0 Å². The minimum Gasteiger partial charge on any atom is -0.375 e. The maximum atomic E-state index is 12.7. The molecular formula is C12H15FN4OS. The maximum absolute atomic E-state index is 12.7. The first-order valence-corrected chi connectivity index (χ1v) is 5.98. The Balaban J connectivity index is 2.37. The van der Waals surface area contributed by atoms with E-state index in [0.717, 1.165) is 5.56 Å². The average Bonchev–Trinajstić information content (AvgIpc) is 2.36. The van der Waals surface area contributed by atoms with E-state index >= 15 is 0 Å². The molecule has 0 spiro atoms. The van der Waals surface area contributed by atoms with Crippen molar-refractivity contribution in [2.24, 2.45) is 10.8 Å². The van der Waals surface area contributed by atoms with Crippen LogP contribution in [0, 0.1) is 5.82 Å². The molecule has 1 aromatic rings. The number of benzene rings is 1. The Morgan fingerprint density at radius 3 is 2.63 bits per heavy atom. The summed E-state index contributed by atoms with van der Waals surface area (Å²) in [4.78, 5) is 11.6. The SMILES string of the molecule is C/C(CC(=O)NCc1ccc(F)cc1)=N/NC(N)=S. The fraction of sp³-hybridized carbons (Fsp3) is 0.250. The highest BCUT2D eigenvalue weighted by atomic mass is 32.1. The summed E-state index contributed by atoms with van der Waals surface area (Å²) in [5, 5.41) is 6.57. The van der Waals surface area contributed by atoms with Gasteiger partial charge in [-0.1, -0.05) is 12.1 Å². The number of rotatable bonds is 5. The molecule has 5 nitrogen and oxygen atoms in total. The van der Waals surface area contributed by atoms with Crippen LogP contribution in [0.1, 0.15) is 18.9 Å². The highest BCUT2D eigenvalue weighted by Gasteiger charge is 2.04. The van der Waals surface area contributed by atoms with Crippen molar-refractivity contribution >= 4 is 28.9 Å². The fourth-order valence-corrected chi connectivity index (χ4v) is 1.33. The summed E-state index contributed by atoms with van der Waals surface area (Å²) in [6, 6.07) is 5.93. The number of nitrogens with zero attached hydrogens (tertiary/aromatic N) is 1. The van der Waals surface area contributed by atoms with E-state index < -0.39 is 0 Å². The van der Waals surface area contributed by atoms with Crippen LogP contribution >= 0.6 is 12.2 Å². The van der Waals surface area contributed by atoms with Gasteiger partial charge in [0, 0.05) is 12.3 Å². The Morgan fingerprint density at radius 2 is 2.05 bits per heavy atom. The summed E-state index contributed by atoms with van der Waals surface area (Å²) < 4.78 is 12.7. The number of nitrogens with two attached hydrogens (primary N) is 1. The molecule has 0 saturated heterocycles. The zero-order chi connectivity index (χ0) is 14.3. The van der Waals surface area contributed by atoms with Gasteiger partial charge in [-0.3, -0.25) is 10.2 Å². The first kappa shape index (κ1) is 15.0. The summed E-state index contributed by atoms with van der Waals surface area (Å²) in [7, 11) is 0. The van der Waals surface area contributed by atoms with Gasteiger partial charge < -0.3 is 11.1 Å². The molecular weight excluding hydrogens is 267 g/mol. The second-order valence-corrected chi connectivity index (χ2v) is 4.34. The van der Waals surface area contributed by atoms with Crippen LogP contribution in [-0.4, -0.2) is 16.7 Å². The maximum Gasteiger partial charge on any atom is 0.225 e. The number of hydrazone groups is 1. The third-order valence-corrected chi connectivity index (χ3v) is 2.27. The van der Waals surface area contributed by atoms with Crippen LogP contribution < -0.4 is 16.5 Å². The minimum absolute atomic E-state index is 0.0473. The van der Waals surface area contributed by atoms with E-state index in [-0.39, 0.29) is 23.3 Å². The summed E-state index contributed by atoms with van der Waals surface area (Å²) in [6.07, 6.45) is 0.136. The lowest BCUT2D eigenvalue weighted by molar-refractivity contribution is -0.120. The topological polar surface area (TPSA) is 79.5 Å². The molecule has 0 fully saturated rings. The fourth-order valence-electron chi connectivity index (χ4n) is 1.29. The molecule has 102 valence electrons. The molecule has 0 heterocycles. The molecule has 0 aliphatic carbocycles. The first-order chi connectivity index (χ1) is 8.97. The predicted octanol–water partition coefficient (Wildman–Crippen LogP) is 1.04. The highest BCUT2D eigenvalue weighted by Crippen LogP contribution is 2.02. The summed E-state index contributed by atoms with van der Waals surface area (Å²) in [5.41, 5.74) is 8.99. The van der Waals surface area contributed by atoms with E-state index in [1.807, 2.05) is 0 Å². The zero-order valence-electron chi connectivity index (χ0n) is 10.4. The molecule has 0 bridgehead atoms. The molecule has 1 amide bonds. The van der Waals surface area contributed by atoms with Gasteiger partial charge in [0.1, 0.15) is 5.82 Å². The summed E-state index contributed by atoms with van der Waals surface area (Å²) in [6.45, 7) is 2.03. The van der Waals surface area contributed by atoms with Gasteiger partial charge in [0.15, 0.2) is 5.11 Å². The lowest BCUT2D eigenvalue weighted by atomic mass is 10.2. The predicted molar refractivity (Wildman–Crippen MR) is 75.9 cm³/mol. The Bertz CT molecular complexity index is 487. The molecule has 0 aliphatic heterocycles. The number of carbonyl (C=O) groups excluding carboxylic acids is 1. The Kier molecular flexibility index (Phi) is 5.87. The first-order valence-electron chi connectivity index (χ1n) is 5.57. The van der Waals surface area contributed by atoms with Gasteiger partial charge in [-0.15, -0.1) is 0 Å². The van der Waals surface area contributed by atoms with Crippen LogP contribution in [0.5, 0.6) is 0 Å². The minimum atomic E-state index is -0.304. The Morgan fingerprint density at radius 1 is 1.42 bits per heavy atom. The molecule has 0 aromatic heterocycles. The lowest BCUT2D eigenvalue weighted by Gasteiger charge is -2.05. The monoisotopic (exact) mass is 282 g/mol. The molecule has 1 aromatic carbocycles. The second-order valence-electron chi connectivity index (χ2n) is 3.90. The van der Waals surface area contributed by atoms with Crippen molar-refractivity contribution in [3.8, 4) is 0 Å². The largest absolute Gasteiger partial charge is 0.375 e. The van der Waals surface area contributed by atoms with Crippen molar-refractivity contribution in [2.75, 3.05) is 0 Å². The number of hydrogen-bond acceptors (Lipinski definition) is 3. The molecule has 19 heavy (non-hydrogen) atoms. The molecule has 7 heteroatoms. The van der Waals surface area contributed by atoms with Crippen LogP contribution in [0.25, 0.3) is 0 Å². The number of amides is 1. The standard InChI is InChI=1S/C12H15FN4OS/c1-8(16-17-12(14)19)6-11(18)15-7-9-2-4-10(13)5-3-9/h2-5H,6-7H2,1H3,(H,15,18)(H3,14,17,19)/b16-8-. The van der Waals surface area contributed by atoms with Gasteiger partial charge in [0.05, 0.1) is 6.42 Å². The Labute approximate surface area is 116 Å². The third kappa shape index (κ3) is 6.46. The number of hydrogen-bond donors (Lipinski definition) is 3. The van der Waals surface area contributed by atoms with Crippen LogP contribution in [0.2, 0.25) is 0 Å². The van der Waals surface area contributed by atoms with E-state index in [4.69, 9.17) is 5.73 Å². The molecule has 0 saturated carbocycles. The lowest BCUT2D eigenvalue weighted by Crippen LogP contribution is -2.28. The zero-order valence-corrected chi connectivity index (χ0v) is 11.3. The van der Waals surface area contributed by atoms with Crippen LogP contribution in [0.3, 0.4) is 0 Å². The molecule has 0 aliphatic rings. The van der Waals surface area contributed by atoms with Crippen molar-refractivity contribution in [1.29, 1.82) is 0 Å². The Hall–Kier alpha value is -2.02. The number of nitrogens with one attached hydrogen (secondary N) is 2. The normalized spacial score (nSPS) is 10.9. The van der Waals surface area contributed by atoms with Crippen molar-refractivity contribution in [2.45, 2.75) is 19.9 Å². The van der Waals surface area contributed by atoms with E-state index in [9.17, 15) is 9.18 Å². The molecule has 0 unspecified atom stereocenters. The molecule has 1 rings (SSSR count). The van der Waals surface area contributed by atoms with Gasteiger partial charge >= 0.3 is 0 Å². The molecule has 4 N–H and O–H groups in total. The molecule has 0 atom stereocenters. The van der Waals surface area contributed by atoms with Gasteiger partial charge in [-0.25, -0.2) is 4.39 Å². The van der Waals surface area contributed by atoms with Crippen LogP contribution in [0.4, 0.5) is 4.39 Å². The van der Waals surface area contributed by atoms with Gasteiger partial charge in [0.25, 0.3) is 0 Å². The van der Waals surface area contributed by atoms with E-state index in [1.54, 1.807) is 19.1 Å². The number of thiocarbonyl (C=S) groups is 1. The van der Waals surface area contributed by atoms with Crippen molar-refractivity contribution in [3.05, 3.63) is 35.6 Å². The van der Waals surface area contributed by atoms with Gasteiger partial charge in [0.2, 0.25) is 5.91 Å². The van der Waals surface area contributed by atoms with Gasteiger partial charge in [-0.2, -0.15) is 5.10 Å². The second kappa shape index (κ2) is 7.42. The van der Waals surface area contributed by atoms with Crippen molar-refractivity contribution < 1.29 is 9.18 Å². The average molecular weight is 282 g/mol. The van der Waals surface area contributed by atoms with Crippen molar-refractivity contribution in [1.82, 2.24) is 10.7 Å². The van der Waals surface area contributed by atoms with E-state index in [1.165, 1.54) is 12.1 Å². The van der Waals surface area contributed by atoms with Gasteiger partial charge in [-0.05, 0) is 36.8 Å². The van der Waals surface area contributed by atoms with Crippen LogP contribution in [0.15, 0.2) is 29.4 Å². The number of carbonyl (C=O) groups is 1. The highest BCUT2D eigenvalue weighted by molar-refractivity contribution is 7.80. The third-order valence-electron chi connectivity index (χ3n) is 2.18. The smallest absolute Gasteiger partial charge is 0.225 e. The summed E-state index contributed by atoms with van der Waals surface area (Å²) >= 11 is 4.58. The van der Waals surface area contributed by atoms with Crippen LogP contribution in [-0.2, 0) is 11.3 Å². The number of halogens is 1.